The quantitative estimate of drug-likeness (QED) is 0.781. The van der Waals surface area contributed by atoms with E-state index < -0.39 is 11.7 Å². The Morgan fingerprint density at radius 3 is 2.36 bits per heavy atom. The Hall–Kier alpha value is -2.73. The molecule has 25 heavy (non-hydrogen) atoms. The minimum Gasteiger partial charge on any atom is -0.496 e. The third-order valence-corrected chi connectivity index (χ3v) is 3.65. The molecule has 1 N–H and O–H groups in total. The normalized spacial score (nSPS) is 10.6. The van der Waals surface area contributed by atoms with Crippen molar-refractivity contribution in [2.24, 2.45) is 0 Å². The van der Waals surface area contributed by atoms with Crippen LogP contribution in [0.3, 0.4) is 0 Å². The van der Waals surface area contributed by atoms with Gasteiger partial charge in [0.15, 0.2) is 17.3 Å². The highest BCUT2D eigenvalue weighted by atomic mass is 35.5. The van der Waals surface area contributed by atoms with Gasteiger partial charge in [0.1, 0.15) is 5.75 Å². The lowest BCUT2D eigenvalue weighted by atomic mass is 10.1. The minimum atomic E-state index is -0.686. The summed E-state index contributed by atoms with van der Waals surface area (Å²) in [6.45, 7) is 0. The van der Waals surface area contributed by atoms with Gasteiger partial charge >= 0.3 is 0 Å². The van der Waals surface area contributed by atoms with Crippen LogP contribution in [0.5, 0.6) is 17.2 Å². The molecule has 132 valence electrons. The van der Waals surface area contributed by atoms with Crippen molar-refractivity contribution in [2.45, 2.75) is 0 Å². The van der Waals surface area contributed by atoms with E-state index in [-0.39, 0.29) is 10.7 Å². The van der Waals surface area contributed by atoms with Gasteiger partial charge in [-0.25, -0.2) is 4.39 Å². The van der Waals surface area contributed by atoms with Gasteiger partial charge < -0.3 is 19.5 Å². The van der Waals surface area contributed by atoms with Crippen LogP contribution in [0.25, 0.3) is 6.08 Å². The van der Waals surface area contributed by atoms with Crippen molar-refractivity contribution < 1.29 is 23.4 Å². The Morgan fingerprint density at radius 2 is 1.72 bits per heavy atom. The maximum Gasteiger partial charge on any atom is 0.248 e. The summed E-state index contributed by atoms with van der Waals surface area (Å²) in [6, 6.07) is 7.68. The predicted molar refractivity (Wildman–Crippen MR) is 95.2 cm³/mol. The molecule has 0 aromatic heterocycles. The number of methoxy groups -OCH3 is 3. The molecule has 0 bridgehead atoms. The second kappa shape index (κ2) is 8.39. The summed E-state index contributed by atoms with van der Waals surface area (Å²) in [5.74, 6) is 0.287. The van der Waals surface area contributed by atoms with E-state index in [2.05, 4.69) is 5.32 Å². The average Bonchev–Trinajstić information content (AvgIpc) is 2.62. The number of carbonyl (C=O) groups excluding carboxylic acids is 1. The zero-order valence-electron chi connectivity index (χ0n) is 13.9. The number of benzene rings is 2. The number of nitrogens with one attached hydrogen (secondary N) is 1. The number of anilines is 1. The first-order valence-electron chi connectivity index (χ1n) is 7.23. The van der Waals surface area contributed by atoms with Crippen LogP contribution in [-0.2, 0) is 4.79 Å². The summed E-state index contributed by atoms with van der Waals surface area (Å²) in [5.41, 5.74) is 0.600. The van der Waals surface area contributed by atoms with E-state index in [0.717, 1.165) is 0 Å². The lowest BCUT2D eigenvalue weighted by Crippen LogP contribution is -2.09. The van der Waals surface area contributed by atoms with E-state index in [1.54, 1.807) is 18.2 Å². The van der Waals surface area contributed by atoms with Gasteiger partial charge in [0.2, 0.25) is 5.91 Å². The standard InChI is InChI=1S/C18H17ClFNO4/c1-23-14-10-16(25-3)15(24-2)9-11(14)7-8-17(22)21-13-6-4-5-12(19)18(13)20/h4-10H,1-3H3,(H,21,22)/b8-7+. The molecule has 0 atom stereocenters. The van der Waals surface area contributed by atoms with Crippen LogP contribution >= 0.6 is 11.6 Å². The molecule has 0 aliphatic heterocycles. The van der Waals surface area contributed by atoms with E-state index in [1.165, 1.54) is 45.6 Å². The largest absolute Gasteiger partial charge is 0.496 e. The molecule has 0 saturated heterocycles. The van der Waals surface area contributed by atoms with Gasteiger partial charge in [-0.2, -0.15) is 0 Å². The van der Waals surface area contributed by atoms with E-state index in [1.807, 2.05) is 0 Å². The summed E-state index contributed by atoms with van der Waals surface area (Å²) in [5, 5.41) is 2.36. The number of rotatable bonds is 6. The summed E-state index contributed by atoms with van der Waals surface area (Å²) < 4.78 is 29.5. The number of halogens is 2. The fourth-order valence-electron chi connectivity index (χ4n) is 2.12. The number of hydrogen-bond donors (Lipinski definition) is 1. The van der Waals surface area contributed by atoms with Crippen molar-refractivity contribution in [3.8, 4) is 17.2 Å². The fraction of sp³-hybridized carbons (Fsp3) is 0.167. The molecule has 1 amide bonds. The molecular formula is C18H17ClFNO4. The zero-order valence-corrected chi connectivity index (χ0v) is 14.7. The second-order valence-corrected chi connectivity index (χ2v) is 5.28. The third-order valence-electron chi connectivity index (χ3n) is 3.36. The predicted octanol–water partition coefficient (Wildman–Crippen LogP) is 4.16. The van der Waals surface area contributed by atoms with Gasteiger partial charge in [-0.1, -0.05) is 17.7 Å². The van der Waals surface area contributed by atoms with E-state index in [9.17, 15) is 9.18 Å². The molecule has 0 saturated carbocycles. The Bertz CT molecular complexity index is 808. The van der Waals surface area contributed by atoms with Gasteiger partial charge in [0, 0.05) is 17.7 Å². The lowest BCUT2D eigenvalue weighted by molar-refractivity contribution is -0.111. The van der Waals surface area contributed by atoms with Crippen LogP contribution in [0.4, 0.5) is 10.1 Å². The molecular weight excluding hydrogens is 349 g/mol. The first-order chi connectivity index (χ1) is 12.0. The summed E-state index contributed by atoms with van der Waals surface area (Å²) in [4.78, 5) is 12.0. The molecule has 0 radical (unpaired) electrons. The zero-order chi connectivity index (χ0) is 18.4. The number of amides is 1. The number of ether oxygens (including phenoxy) is 3. The van der Waals surface area contributed by atoms with Gasteiger partial charge in [-0.05, 0) is 24.3 Å². The Morgan fingerprint density at radius 1 is 1.08 bits per heavy atom. The van der Waals surface area contributed by atoms with Crippen LogP contribution < -0.4 is 19.5 Å². The fourth-order valence-corrected chi connectivity index (χ4v) is 2.30. The average molecular weight is 366 g/mol. The first kappa shape index (κ1) is 18.6. The van der Waals surface area contributed by atoms with Crippen LogP contribution in [-0.4, -0.2) is 27.2 Å². The van der Waals surface area contributed by atoms with Gasteiger partial charge in [0.25, 0.3) is 0 Å². The molecule has 0 spiro atoms. The van der Waals surface area contributed by atoms with E-state index in [4.69, 9.17) is 25.8 Å². The molecule has 2 aromatic carbocycles. The van der Waals surface area contributed by atoms with Crippen molar-refractivity contribution in [1.29, 1.82) is 0 Å². The highest BCUT2D eigenvalue weighted by molar-refractivity contribution is 6.31. The van der Waals surface area contributed by atoms with E-state index >= 15 is 0 Å². The van der Waals surface area contributed by atoms with Crippen LogP contribution in [0, 0.1) is 5.82 Å². The summed E-state index contributed by atoms with van der Waals surface area (Å²) >= 11 is 5.69. The second-order valence-electron chi connectivity index (χ2n) is 4.87. The van der Waals surface area contributed by atoms with Crippen molar-refractivity contribution in [3.05, 3.63) is 52.8 Å². The lowest BCUT2D eigenvalue weighted by Gasteiger charge is -2.12. The maximum absolute atomic E-state index is 13.8. The molecule has 0 fully saturated rings. The minimum absolute atomic E-state index is 0.00132. The van der Waals surface area contributed by atoms with Crippen molar-refractivity contribution in [2.75, 3.05) is 26.6 Å². The molecule has 5 nitrogen and oxygen atoms in total. The molecule has 2 aromatic rings. The third kappa shape index (κ3) is 4.42. The Balaban J connectivity index is 2.23. The topological polar surface area (TPSA) is 56.8 Å². The molecule has 0 heterocycles. The Kier molecular flexibility index (Phi) is 6.25. The van der Waals surface area contributed by atoms with Gasteiger partial charge in [0.05, 0.1) is 32.0 Å². The highest BCUT2D eigenvalue weighted by Gasteiger charge is 2.11. The maximum atomic E-state index is 13.8. The first-order valence-corrected chi connectivity index (χ1v) is 7.61. The number of hydrogen-bond acceptors (Lipinski definition) is 4. The Labute approximate surface area is 150 Å². The molecule has 0 aliphatic carbocycles. The van der Waals surface area contributed by atoms with Crippen LogP contribution in [0.1, 0.15) is 5.56 Å². The van der Waals surface area contributed by atoms with E-state index in [0.29, 0.717) is 22.8 Å². The molecule has 0 aliphatic rings. The van der Waals surface area contributed by atoms with Gasteiger partial charge in [-0.15, -0.1) is 0 Å². The molecule has 0 unspecified atom stereocenters. The van der Waals surface area contributed by atoms with Gasteiger partial charge in [-0.3, -0.25) is 4.79 Å². The molecule has 2 rings (SSSR count). The van der Waals surface area contributed by atoms with Crippen LogP contribution in [0.2, 0.25) is 5.02 Å². The van der Waals surface area contributed by atoms with Crippen molar-refractivity contribution >= 4 is 29.3 Å². The van der Waals surface area contributed by atoms with Crippen molar-refractivity contribution in [1.82, 2.24) is 0 Å². The highest BCUT2D eigenvalue weighted by Crippen LogP contribution is 2.35. The van der Waals surface area contributed by atoms with Crippen LogP contribution in [0.15, 0.2) is 36.4 Å². The smallest absolute Gasteiger partial charge is 0.248 e. The molecule has 7 heteroatoms. The monoisotopic (exact) mass is 365 g/mol. The van der Waals surface area contributed by atoms with Crippen molar-refractivity contribution in [3.63, 3.8) is 0 Å². The summed E-state index contributed by atoms with van der Waals surface area (Å²) in [7, 11) is 4.52. The number of carbonyl (C=O) groups is 1. The summed E-state index contributed by atoms with van der Waals surface area (Å²) in [6.07, 6.45) is 2.78. The SMILES string of the molecule is COc1cc(OC)c(OC)cc1/C=C/C(=O)Nc1cccc(Cl)c1F.